The standard InChI is InChI=1S/C38H46N4O2S3/c1-25(21-39(3)4)23-41-31-13-11-29(19-37(31)46-35-15-9-27(43-7)17-33(35)41)45-30-12-14-32-38(20-30)47-36-16-10-28(44-8)18-34(36)42(32)24-26(2)22-40(5)6/h9-20,25-26H,21-24H2,1-8H3/t25-,26-/m1/s1. The predicted octanol–water partition coefficient (Wildman–Crippen LogP) is 9.46. The molecule has 0 fully saturated rings. The molecule has 0 aromatic heterocycles. The largest absolute Gasteiger partial charge is 0.497 e. The van der Waals surface area contributed by atoms with Gasteiger partial charge in [-0.25, -0.2) is 0 Å². The minimum absolute atomic E-state index is 0.499. The molecule has 0 aliphatic carbocycles. The Balaban J connectivity index is 1.28. The molecule has 0 N–H and O–H groups in total. The van der Waals surface area contributed by atoms with Gasteiger partial charge in [-0.2, -0.15) is 0 Å². The molecule has 248 valence electrons. The van der Waals surface area contributed by atoms with Crippen LogP contribution >= 0.6 is 35.3 Å². The molecule has 2 atom stereocenters. The smallest absolute Gasteiger partial charge is 0.121 e. The number of fused-ring (bicyclic) bond motifs is 4. The quantitative estimate of drug-likeness (QED) is 0.145. The van der Waals surface area contributed by atoms with Gasteiger partial charge in [0.15, 0.2) is 0 Å². The fourth-order valence-electron chi connectivity index (χ4n) is 6.58. The van der Waals surface area contributed by atoms with Crippen molar-refractivity contribution in [3.8, 4) is 11.5 Å². The van der Waals surface area contributed by atoms with Crippen LogP contribution in [0.3, 0.4) is 0 Å². The summed E-state index contributed by atoms with van der Waals surface area (Å²) in [5.41, 5.74) is 4.98. The molecule has 2 heterocycles. The van der Waals surface area contributed by atoms with E-state index in [0.717, 1.165) is 37.7 Å². The van der Waals surface area contributed by atoms with Crippen molar-refractivity contribution in [2.75, 3.05) is 78.4 Å². The lowest BCUT2D eigenvalue weighted by Crippen LogP contribution is -2.31. The second kappa shape index (κ2) is 14.7. The second-order valence-corrected chi connectivity index (χ2v) is 16.5. The fourth-order valence-corrected chi connectivity index (χ4v) is 9.86. The lowest BCUT2D eigenvalue weighted by molar-refractivity contribution is 0.342. The van der Waals surface area contributed by atoms with E-state index in [9.17, 15) is 0 Å². The third-order valence-corrected chi connectivity index (χ3v) is 11.6. The second-order valence-electron chi connectivity index (χ2n) is 13.2. The maximum atomic E-state index is 5.62. The molecular formula is C38H46N4O2S3. The first kappa shape index (κ1) is 33.9. The first-order chi connectivity index (χ1) is 22.6. The van der Waals surface area contributed by atoms with E-state index in [0.29, 0.717) is 11.8 Å². The number of nitrogens with zero attached hydrogens (tertiary/aromatic N) is 4. The topological polar surface area (TPSA) is 31.4 Å². The Morgan fingerprint density at radius 2 is 1.00 bits per heavy atom. The van der Waals surface area contributed by atoms with E-state index in [-0.39, 0.29) is 0 Å². The summed E-state index contributed by atoms with van der Waals surface area (Å²) in [5, 5.41) is 0. The zero-order valence-electron chi connectivity index (χ0n) is 28.7. The number of hydrogen-bond donors (Lipinski definition) is 0. The molecule has 0 saturated carbocycles. The maximum Gasteiger partial charge on any atom is 0.121 e. The highest BCUT2D eigenvalue weighted by Crippen LogP contribution is 2.53. The summed E-state index contributed by atoms with van der Waals surface area (Å²) in [6, 6.07) is 26.8. The number of benzene rings is 4. The van der Waals surface area contributed by atoms with Gasteiger partial charge in [0.05, 0.1) is 37.0 Å². The average molecular weight is 687 g/mol. The van der Waals surface area contributed by atoms with Gasteiger partial charge < -0.3 is 29.1 Å². The molecule has 6 rings (SSSR count). The van der Waals surface area contributed by atoms with Crippen LogP contribution in [0.2, 0.25) is 0 Å². The highest BCUT2D eigenvalue weighted by molar-refractivity contribution is 8.00. The third-order valence-electron chi connectivity index (χ3n) is 8.38. The van der Waals surface area contributed by atoms with Crippen molar-refractivity contribution in [1.29, 1.82) is 0 Å². The fraction of sp³-hybridized carbons (Fsp3) is 0.368. The van der Waals surface area contributed by atoms with E-state index in [1.165, 1.54) is 52.1 Å². The molecule has 0 spiro atoms. The van der Waals surface area contributed by atoms with Crippen LogP contribution in [-0.4, -0.2) is 78.4 Å². The summed E-state index contributed by atoms with van der Waals surface area (Å²) in [7, 11) is 12.1. The van der Waals surface area contributed by atoms with Gasteiger partial charge in [0.25, 0.3) is 0 Å². The van der Waals surface area contributed by atoms with Crippen molar-refractivity contribution in [3.63, 3.8) is 0 Å². The number of ether oxygens (including phenoxy) is 2. The third kappa shape index (κ3) is 7.70. The number of rotatable bonds is 12. The van der Waals surface area contributed by atoms with Crippen molar-refractivity contribution in [1.82, 2.24) is 9.80 Å². The highest BCUT2D eigenvalue weighted by atomic mass is 32.2. The molecule has 6 nitrogen and oxygen atoms in total. The van der Waals surface area contributed by atoms with Gasteiger partial charge >= 0.3 is 0 Å². The Bertz CT molecular complexity index is 1600. The van der Waals surface area contributed by atoms with E-state index in [1.807, 2.05) is 35.3 Å². The molecule has 0 amide bonds. The van der Waals surface area contributed by atoms with Crippen LogP contribution in [0.25, 0.3) is 0 Å². The molecule has 4 aromatic rings. The van der Waals surface area contributed by atoms with Crippen molar-refractivity contribution in [2.45, 2.75) is 43.2 Å². The van der Waals surface area contributed by atoms with Gasteiger partial charge in [0.2, 0.25) is 0 Å². The predicted molar refractivity (Wildman–Crippen MR) is 201 cm³/mol. The lowest BCUT2D eigenvalue weighted by atomic mass is 10.1. The monoisotopic (exact) mass is 686 g/mol. The van der Waals surface area contributed by atoms with Crippen molar-refractivity contribution < 1.29 is 9.47 Å². The van der Waals surface area contributed by atoms with Gasteiger partial charge in [-0.15, -0.1) is 0 Å². The molecule has 47 heavy (non-hydrogen) atoms. The molecule has 0 saturated heterocycles. The zero-order valence-corrected chi connectivity index (χ0v) is 31.2. The summed E-state index contributed by atoms with van der Waals surface area (Å²) in [6.07, 6.45) is 0. The Morgan fingerprint density at radius 1 is 0.574 bits per heavy atom. The molecule has 9 heteroatoms. The summed E-state index contributed by atoms with van der Waals surface area (Å²) in [5.74, 6) is 2.78. The normalized spacial score (nSPS) is 14.8. The van der Waals surface area contributed by atoms with Gasteiger partial charge in [-0.05, 0) is 101 Å². The number of methoxy groups -OCH3 is 2. The van der Waals surface area contributed by atoms with Crippen LogP contribution in [0.1, 0.15) is 13.8 Å². The van der Waals surface area contributed by atoms with Crippen LogP contribution in [-0.2, 0) is 0 Å². The SMILES string of the molecule is COc1ccc2c(c1)N(C[C@H](C)CN(C)C)c1ccc(Sc3ccc4c(c3)Sc3ccc(OC)cc3N4C[C@H](C)CN(C)C)cc1S2. The lowest BCUT2D eigenvalue weighted by Gasteiger charge is -2.36. The van der Waals surface area contributed by atoms with E-state index in [4.69, 9.17) is 9.47 Å². The first-order valence-corrected chi connectivity index (χ1v) is 18.6. The first-order valence-electron chi connectivity index (χ1n) is 16.1. The molecular weight excluding hydrogens is 641 g/mol. The van der Waals surface area contributed by atoms with Crippen LogP contribution < -0.4 is 19.3 Å². The van der Waals surface area contributed by atoms with Crippen LogP contribution in [0, 0.1) is 11.8 Å². The van der Waals surface area contributed by atoms with E-state index >= 15 is 0 Å². The van der Waals surface area contributed by atoms with Crippen LogP contribution in [0.15, 0.2) is 102 Å². The molecule has 0 radical (unpaired) electrons. The highest BCUT2D eigenvalue weighted by Gasteiger charge is 2.28. The van der Waals surface area contributed by atoms with Crippen molar-refractivity contribution in [2.24, 2.45) is 11.8 Å². The molecule has 0 unspecified atom stereocenters. The average Bonchev–Trinajstić information content (AvgIpc) is 3.03. The molecule has 0 bridgehead atoms. The van der Waals surface area contributed by atoms with Gasteiger partial charge in [-0.3, -0.25) is 0 Å². The Labute approximate surface area is 293 Å². The summed E-state index contributed by atoms with van der Waals surface area (Å²) < 4.78 is 11.2. The van der Waals surface area contributed by atoms with Crippen LogP contribution in [0.4, 0.5) is 22.7 Å². The van der Waals surface area contributed by atoms with Crippen LogP contribution in [0.5, 0.6) is 11.5 Å². The Hall–Kier alpha value is -2.95. The van der Waals surface area contributed by atoms with Gasteiger partial charge in [0, 0.05) is 67.7 Å². The minimum Gasteiger partial charge on any atom is -0.497 e. The molecule has 2 aliphatic rings. The minimum atomic E-state index is 0.499. The number of anilines is 4. The van der Waals surface area contributed by atoms with Gasteiger partial charge in [0.1, 0.15) is 11.5 Å². The van der Waals surface area contributed by atoms with E-state index in [2.05, 4.69) is 134 Å². The van der Waals surface area contributed by atoms with Crippen molar-refractivity contribution >= 4 is 58.0 Å². The Kier molecular flexibility index (Phi) is 10.6. The summed E-state index contributed by atoms with van der Waals surface area (Å²) in [6.45, 7) is 8.62. The van der Waals surface area contributed by atoms with E-state index < -0.39 is 0 Å². The number of hydrogen-bond acceptors (Lipinski definition) is 9. The maximum absolute atomic E-state index is 5.62. The van der Waals surface area contributed by atoms with E-state index in [1.54, 1.807) is 14.2 Å². The summed E-state index contributed by atoms with van der Waals surface area (Å²) in [4.78, 5) is 17.1. The summed E-state index contributed by atoms with van der Waals surface area (Å²) >= 11 is 5.55. The molecule has 4 aromatic carbocycles. The molecule has 2 aliphatic heterocycles. The zero-order chi connectivity index (χ0) is 33.2. The van der Waals surface area contributed by atoms with Gasteiger partial charge in [-0.1, -0.05) is 49.1 Å². The van der Waals surface area contributed by atoms with Crippen molar-refractivity contribution in [3.05, 3.63) is 72.8 Å². The Morgan fingerprint density at radius 3 is 1.38 bits per heavy atom.